The van der Waals surface area contributed by atoms with Crippen LogP contribution in [-0.4, -0.2) is 46.8 Å². The van der Waals surface area contributed by atoms with Gasteiger partial charge in [0.05, 0.1) is 10.6 Å². The summed E-state index contributed by atoms with van der Waals surface area (Å²) in [6, 6.07) is 2.42. The number of hydrogen-bond donors (Lipinski definition) is 1. The highest BCUT2D eigenvalue weighted by Crippen LogP contribution is 2.29. The van der Waals surface area contributed by atoms with Gasteiger partial charge in [-0.25, -0.2) is 0 Å². The Morgan fingerprint density at radius 3 is 2.95 bits per heavy atom. The molecule has 1 aliphatic rings. The highest BCUT2D eigenvalue weighted by molar-refractivity contribution is 7.20. The first-order valence-corrected chi connectivity index (χ1v) is 7.81. The molecular formula is C14H21ClN4OS. The van der Waals surface area contributed by atoms with Gasteiger partial charge in [0, 0.05) is 31.6 Å². The number of nitrogens with zero attached hydrogens (tertiary/aromatic N) is 3. The van der Waals surface area contributed by atoms with Crippen molar-refractivity contribution in [1.29, 1.82) is 0 Å². The molecule has 0 saturated carbocycles. The van der Waals surface area contributed by atoms with E-state index in [-0.39, 0.29) is 18.3 Å². The van der Waals surface area contributed by atoms with Crippen molar-refractivity contribution >= 4 is 39.9 Å². The zero-order valence-corrected chi connectivity index (χ0v) is 14.2. The number of rotatable bonds is 2. The monoisotopic (exact) mass is 328 g/mol. The molecule has 7 heteroatoms. The molecule has 2 aromatic rings. The first kappa shape index (κ1) is 16.3. The molecule has 1 N–H and O–H groups in total. The molecule has 116 valence electrons. The predicted octanol–water partition coefficient (Wildman–Crippen LogP) is 2.19. The minimum absolute atomic E-state index is 0. The fourth-order valence-corrected chi connectivity index (χ4v) is 3.95. The van der Waals surface area contributed by atoms with Gasteiger partial charge in [0.25, 0.3) is 5.91 Å². The third-order valence-corrected chi connectivity index (χ3v) is 5.21. The number of aryl methyl sites for hydroxylation is 2. The van der Waals surface area contributed by atoms with Crippen molar-refractivity contribution in [2.24, 2.45) is 7.05 Å². The number of amides is 1. The fraction of sp³-hybridized carbons (Fsp3) is 0.571. The van der Waals surface area contributed by atoms with E-state index in [1.165, 1.54) is 0 Å². The summed E-state index contributed by atoms with van der Waals surface area (Å²) in [6.07, 6.45) is 2.22. The number of carbonyl (C=O) groups excluding carboxylic acids is 1. The number of thiophene rings is 1. The average molecular weight is 329 g/mol. The molecule has 1 atom stereocenters. The van der Waals surface area contributed by atoms with E-state index in [1.54, 1.807) is 11.3 Å². The van der Waals surface area contributed by atoms with E-state index in [0.717, 1.165) is 46.7 Å². The van der Waals surface area contributed by atoms with Crippen LogP contribution in [0.15, 0.2) is 6.07 Å². The quantitative estimate of drug-likeness (QED) is 0.919. The van der Waals surface area contributed by atoms with Crippen LogP contribution in [0, 0.1) is 6.92 Å². The number of aromatic nitrogens is 2. The molecule has 21 heavy (non-hydrogen) atoms. The van der Waals surface area contributed by atoms with Crippen molar-refractivity contribution in [1.82, 2.24) is 20.0 Å². The lowest BCUT2D eigenvalue weighted by atomic mass is 10.1. The van der Waals surface area contributed by atoms with Crippen LogP contribution in [0.5, 0.6) is 0 Å². The Morgan fingerprint density at radius 2 is 2.29 bits per heavy atom. The summed E-state index contributed by atoms with van der Waals surface area (Å²) in [5, 5.41) is 8.76. The maximum absolute atomic E-state index is 12.6. The van der Waals surface area contributed by atoms with Gasteiger partial charge in [-0.1, -0.05) is 0 Å². The lowest BCUT2D eigenvalue weighted by molar-refractivity contribution is 0.0703. The van der Waals surface area contributed by atoms with E-state index in [2.05, 4.69) is 10.4 Å². The van der Waals surface area contributed by atoms with Crippen molar-refractivity contribution < 1.29 is 4.79 Å². The Balaban J connectivity index is 0.00000161. The summed E-state index contributed by atoms with van der Waals surface area (Å²) in [7, 11) is 3.89. The Hall–Kier alpha value is -1.11. The second-order valence-corrected chi connectivity index (χ2v) is 6.45. The van der Waals surface area contributed by atoms with Crippen LogP contribution in [-0.2, 0) is 7.05 Å². The summed E-state index contributed by atoms with van der Waals surface area (Å²) in [4.78, 5) is 16.5. The Kier molecular flexibility index (Phi) is 4.91. The molecule has 3 rings (SSSR count). The molecule has 3 heterocycles. The third kappa shape index (κ3) is 2.93. The van der Waals surface area contributed by atoms with Crippen molar-refractivity contribution in [3.05, 3.63) is 16.6 Å². The number of likely N-dealkylation sites (N-methyl/N-ethyl adjacent to an activating group) is 1. The van der Waals surface area contributed by atoms with Gasteiger partial charge in [-0.05, 0) is 32.9 Å². The molecule has 1 saturated heterocycles. The normalized spacial score (nSPS) is 18.8. The van der Waals surface area contributed by atoms with Crippen molar-refractivity contribution in [3.8, 4) is 0 Å². The van der Waals surface area contributed by atoms with E-state index in [0.29, 0.717) is 6.04 Å². The van der Waals surface area contributed by atoms with Crippen molar-refractivity contribution in [2.75, 3.05) is 20.1 Å². The predicted molar refractivity (Wildman–Crippen MR) is 88.6 cm³/mol. The molecule has 5 nitrogen and oxygen atoms in total. The third-order valence-electron chi connectivity index (χ3n) is 4.02. The largest absolute Gasteiger partial charge is 0.336 e. The van der Waals surface area contributed by atoms with E-state index in [9.17, 15) is 4.79 Å². The standard InChI is InChI=1S/C14H20N4OS.ClH/c1-9-11-7-12(20-14(11)17(3)16-9)13(19)18-6-4-5-10(8-18)15-2;/h7,10,15H,4-6,8H2,1-3H3;1H. The summed E-state index contributed by atoms with van der Waals surface area (Å²) < 4.78 is 1.86. The van der Waals surface area contributed by atoms with Crippen molar-refractivity contribution in [3.63, 3.8) is 0 Å². The van der Waals surface area contributed by atoms with Crippen LogP contribution in [0.1, 0.15) is 28.2 Å². The lowest BCUT2D eigenvalue weighted by Gasteiger charge is -2.32. The molecule has 2 aromatic heterocycles. The molecule has 0 bridgehead atoms. The van der Waals surface area contributed by atoms with E-state index < -0.39 is 0 Å². The summed E-state index contributed by atoms with van der Waals surface area (Å²) in [5.41, 5.74) is 0.990. The zero-order chi connectivity index (χ0) is 14.3. The number of likely N-dealkylation sites (tertiary alicyclic amines) is 1. The Bertz CT molecular complexity index is 616. The molecule has 0 radical (unpaired) electrons. The molecule has 1 fully saturated rings. The first-order valence-electron chi connectivity index (χ1n) is 7.00. The zero-order valence-electron chi connectivity index (χ0n) is 12.5. The van der Waals surface area contributed by atoms with Gasteiger partial charge < -0.3 is 10.2 Å². The topological polar surface area (TPSA) is 50.2 Å². The second kappa shape index (κ2) is 6.34. The number of fused-ring (bicyclic) bond motifs is 1. The second-order valence-electron chi connectivity index (χ2n) is 5.42. The smallest absolute Gasteiger partial charge is 0.264 e. The minimum Gasteiger partial charge on any atom is -0.336 e. The Labute approximate surface area is 134 Å². The summed E-state index contributed by atoms with van der Waals surface area (Å²) in [5.74, 6) is 0.158. The maximum Gasteiger partial charge on any atom is 0.264 e. The van der Waals surface area contributed by atoms with Crippen LogP contribution >= 0.6 is 23.7 Å². The van der Waals surface area contributed by atoms with Gasteiger partial charge in [-0.15, -0.1) is 23.7 Å². The summed E-state index contributed by atoms with van der Waals surface area (Å²) >= 11 is 1.54. The van der Waals surface area contributed by atoms with Crippen molar-refractivity contribution in [2.45, 2.75) is 25.8 Å². The lowest BCUT2D eigenvalue weighted by Crippen LogP contribution is -2.46. The van der Waals surface area contributed by atoms with Gasteiger partial charge in [-0.2, -0.15) is 5.10 Å². The van der Waals surface area contributed by atoms with Crippen LogP contribution in [0.25, 0.3) is 10.2 Å². The Morgan fingerprint density at radius 1 is 1.52 bits per heavy atom. The highest BCUT2D eigenvalue weighted by Gasteiger charge is 2.25. The molecule has 1 amide bonds. The summed E-state index contributed by atoms with van der Waals surface area (Å²) in [6.45, 7) is 3.66. The van der Waals surface area contributed by atoms with E-state index in [4.69, 9.17) is 0 Å². The van der Waals surface area contributed by atoms with Gasteiger partial charge in [0.2, 0.25) is 0 Å². The molecular weight excluding hydrogens is 308 g/mol. The van der Waals surface area contributed by atoms with Crippen LogP contribution in [0.3, 0.4) is 0 Å². The SMILES string of the molecule is CNC1CCCN(C(=O)c2cc3c(C)nn(C)c3s2)C1.Cl. The molecule has 1 aliphatic heterocycles. The molecule has 0 aromatic carbocycles. The minimum atomic E-state index is 0. The van der Waals surface area contributed by atoms with Gasteiger partial charge in [0.1, 0.15) is 4.83 Å². The number of hydrogen-bond acceptors (Lipinski definition) is 4. The highest BCUT2D eigenvalue weighted by atomic mass is 35.5. The number of carbonyl (C=O) groups is 1. The molecule has 0 spiro atoms. The number of piperidine rings is 1. The van der Waals surface area contributed by atoms with E-state index in [1.807, 2.05) is 36.7 Å². The number of nitrogens with one attached hydrogen (secondary N) is 1. The fourth-order valence-electron chi connectivity index (χ4n) is 2.86. The van der Waals surface area contributed by atoms with Crippen LogP contribution in [0.4, 0.5) is 0 Å². The van der Waals surface area contributed by atoms with Gasteiger partial charge in [0.15, 0.2) is 0 Å². The van der Waals surface area contributed by atoms with Gasteiger partial charge >= 0.3 is 0 Å². The van der Waals surface area contributed by atoms with E-state index >= 15 is 0 Å². The van der Waals surface area contributed by atoms with Gasteiger partial charge in [-0.3, -0.25) is 9.48 Å². The average Bonchev–Trinajstić information content (AvgIpc) is 3.01. The molecule has 0 aliphatic carbocycles. The maximum atomic E-state index is 12.6. The first-order chi connectivity index (χ1) is 9.60. The molecule has 1 unspecified atom stereocenters. The van der Waals surface area contributed by atoms with Crippen LogP contribution < -0.4 is 5.32 Å². The number of halogens is 1. The van der Waals surface area contributed by atoms with Crippen LogP contribution in [0.2, 0.25) is 0 Å².